The van der Waals surface area contributed by atoms with Crippen LogP contribution in [-0.2, 0) is 22.7 Å². The Morgan fingerprint density at radius 3 is 3.04 bits per heavy atom. The minimum atomic E-state index is -0.0322. The molecule has 2 heterocycles. The molecule has 1 aliphatic heterocycles. The molecule has 2 aromatic rings. The normalized spacial score (nSPS) is 18.0. The van der Waals surface area contributed by atoms with E-state index >= 15 is 0 Å². The zero-order chi connectivity index (χ0) is 16.8. The zero-order valence-electron chi connectivity index (χ0n) is 13.8. The quantitative estimate of drug-likeness (QED) is 0.825. The monoisotopic (exact) mass is 330 g/mol. The minimum Gasteiger partial charge on any atom is -0.377 e. The van der Waals surface area contributed by atoms with Crippen molar-refractivity contribution in [3.63, 3.8) is 0 Å². The maximum Gasteiger partial charge on any atom is 0.246 e. The lowest BCUT2D eigenvalue weighted by Gasteiger charge is -2.15. The lowest BCUT2D eigenvalue weighted by atomic mass is 9.99. The van der Waals surface area contributed by atoms with Crippen LogP contribution in [0, 0.1) is 0 Å². The molecule has 0 unspecified atom stereocenters. The Hall–Kier alpha value is -2.25. The van der Waals surface area contributed by atoms with Gasteiger partial charge in [0.05, 0.1) is 13.1 Å². The van der Waals surface area contributed by atoms with Gasteiger partial charge in [0.1, 0.15) is 6.61 Å². The molecule has 0 aliphatic carbocycles. The van der Waals surface area contributed by atoms with E-state index < -0.39 is 0 Å². The van der Waals surface area contributed by atoms with Crippen molar-refractivity contribution in [1.82, 2.24) is 20.4 Å². The number of methoxy groups -OCH3 is 1. The number of hydrogen-bond acceptors (Lipinski definition) is 6. The smallest absolute Gasteiger partial charge is 0.246 e. The fourth-order valence-electron chi connectivity index (χ4n) is 2.96. The van der Waals surface area contributed by atoms with Crippen LogP contribution in [0.2, 0.25) is 0 Å². The van der Waals surface area contributed by atoms with Crippen molar-refractivity contribution in [2.24, 2.45) is 0 Å². The lowest BCUT2D eigenvalue weighted by molar-refractivity contribution is -0.122. The molecule has 1 aromatic heterocycles. The highest BCUT2D eigenvalue weighted by Gasteiger charge is 2.25. The number of nitrogens with one attached hydrogen (secondary N) is 1. The molecule has 1 saturated heterocycles. The van der Waals surface area contributed by atoms with Gasteiger partial charge in [-0.3, -0.25) is 9.69 Å². The summed E-state index contributed by atoms with van der Waals surface area (Å²) >= 11 is 0. The number of amides is 1. The van der Waals surface area contributed by atoms with Gasteiger partial charge in [-0.05, 0) is 24.4 Å². The average Bonchev–Trinajstić information content (AvgIpc) is 3.24. The third-order valence-corrected chi connectivity index (χ3v) is 4.13. The Morgan fingerprint density at radius 1 is 1.42 bits per heavy atom. The molecule has 1 fully saturated rings. The largest absolute Gasteiger partial charge is 0.377 e. The summed E-state index contributed by atoms with van der Waals surface area (Å²) in [5, 5.41) is 6.58. The Bertz CT molecular complexity index is 659. The summed E-state index contributed by atoms with van der Waals surface area (Å²) in [5.41, 5.74) is 1.34. The van der Waals surface area contributed by atoms with Gasteiger partial charge in [0.2, 0.25) is 11.8 Å². The summed E-state index contributed by atoms with van der Waals surface area (Å²) in [6, 6.07) is 10.5. The van der Waals surface area contributed by atoms with Crippen molar-refractivity contribution in [2.45, 2.75) is 25.5 Å². The van der Waals surface area contributed by atoms with Crippen LogP contribution in [0.5, 0.6) is 0 Å². The predicted molar refractivity (Wildman–Crippen MR) is 87.1 cm³/mol. The second kappa shape index (κ2) is 8.03. The van der Waals surface area contributed by atoms with Gasteiger partial charge in [0.25, 0.3) is 0 Å². The first-order valence-electron chi connectivity index (χ1n) is 8.09. The Morgan fingerprint density at radius 2 is 2.25 bits per heavy atom. The number of benzene rings is 1. The summed E-state index contributed by atoms with van der Waals surface area (Å²) in [4.78, 5) is 18.4. The van der Waals surface area contributed by atoms with Crippen LogP contribution in [0.3, 0.4) is 0 Å². The Labute approximate surface area is 141 Å². The third-order valence-electron chi connectivity index (χ3n) is 4.13. The first-order chi connectivity index (χ1) is 11.7. The first kappa shape index (κ1) is 16.6. The van der Waals surface area contributed by atoms with E-state index in [-0.39, 0.29) is 12.5 Å². The summed E-state index contributed by atoms with van der Waals surface area (Å²) < 4.78 is 9.97. The Balaban J connectivity index is 1.42. The lowest BCUT2D eigenvalue weighted by Crippen LogP contribution is -2.35. The highest BCUT2D eigenvalue weighted by atomic mass is 16.5. The second-order valence-electron chi connectivity index (χ2n) is 5.95. The number of aromatic nitrogens is 2. The molecule has 0 radical (unpaired) electrons. The van der Waals surface area contributed by atoms with Gasteiger partial charge in [-0.25, -0.2) is 0 Å². The molecule has 128 valence electrons. The van der Waals surface area contributed by atoms with Crippen LogP contribution in [0.4, 0.5) is 0 Å². The maximum atomic E-state index is 12.1. The summed E-state index contributed by atoms with van der Waals surface area (Å²) in [5.74, 6) is 1.34. The van der Waals surface area contributed by atoms with E-state index in [0.717, 1.165) is 19.5 Å². The molecular weight excluding hydrogens is 308 g/mol. The fourth-order valence-corrected chi connectivity index (χ4v) is 2.96. The van der Waals surface area contributed by atoms with Gasteiger partial charge >= 0.3 is 0 Å². The molecule has 0 spiro atoms. The molecular formula is C17H22N4O3. The minimum absolute atomic E-state index is 0.0322. The van der Waals surface area contributed by atoms with Crippen molar-refractivity contribution in [3.8, 4) is 0 Å². The molecule has 1 aliphatic rings. The molecule has 1 amide bonds. The molecule has 7 heteroatoms. The molecule has 1 aromatic carbocycles. The van der Waals surface area contributed by atoms with Crippen molar-refractivity contribution in [2.75, 3.05) is 26.7 Å². The first-order valence-corrected chi connectivity index (χ1v) is 8.09. The number of carbonyl (C=O) groups is 1. The van der Waals surface area contributed by atoms with Gasteiger partial charge in [0, 0.05) is 13.7 Å². The zero-order valence-corrected chi connectivity index (χ0v) is 13.8. The third kappa shape index (κ3) is 4.39. The van der Waals surface area contributed by atoms with Crippen molar-refractivity contribution < 1.29 is 14.1 Å². The molecule has 0 saturated carbocycles. The van der Waals surface area contributed by atoms with Crippen LogP contribution in [0.25, 0.3) is 0 Å². The van der Waals surface area contributed by atoms with Gasteiger partial charge in [0.15, 0.2) is 5.82 Å². The van der Waals surface area contributed by atoms with Crippen LogP contribution in [-0.4, -0.2) is 47.7 Å². The number of rotatable bonds is 7. The Kier molecular flexibility index (Phi) is 5.55. The highest BCUT2D eigenvalue weighted by molar-refractivity contribution is 5.77. The predicted octanol–water partition coefficient (Wildman–Crippen LogP) is 1.32. The van der Waals surface area contributed by atoms with E-state index in [9.17, 15) is 4.79 Å². The molecule has 3 rings (SSSR count). The molecule has 7 nitrogen and oxygen atoms in total. The number of likely N-dealkylation sites (tertiary alicyclic amines) is 1. The van der Waals surface area contributed by atoms with Crippen LogP contribution in [0.1, 0.15) is 29.6 Å². The van der Waals surface area contributed by atoms with E-state index in [0.29, 0.717) is 30.8 Å². The topological polar surface area (TPSA) is 80.5 Å². The SMILES string of the molecule is COCc1noc(CNC(=O)CN2CC[C@H](c3ccccc3)C2)n1. The van der Waals surface area contributed by atoms with Crippen LogP contribution >= 0.6 is 0 Å². The van der Waals surface area contributed by atoms with Gasteiger partial charge < -0.3 is 14.6 Å². The van der Waals surface area contributed by atoms with Crippen LogP contribution < -0.4 is 5.32 Å². The summed E-state index contributed by atoms with van der Waals surface area (Å²) in [6.45, 7) is 2.78. The molecule has 0 bridgehead atoms. The molecule has 1 N–H and O–H groups in total. The van der Waals surface area contributed by atoms with Gasteiger partial charge in [-0.1, -0.05) is 35.5 Å². The number of carbonyl (C=O) groups excluding carboxylic acids is 1. The summed E-state index contributed by atoms with van der Waals surface area (Å²) in [6.07, 6.45) is 1.08. The van der Waals surface area contributed by atoms with Gasteiger partial charge in [-0.15, -0.1) is 0 Å². The maximum absolute atomic E-state index is 12.1. The summed E-state index contributed by atoms with van der Waals surface area (Å²) in [7, 11) is 1.57. The van der Waals surface area contributed by atoms with Crippen molar-refractivity contribution >= 4 is 5.91 Å². The fraction of sp³-hybridized carbons (Fsp3) is 0.471. The van der Waals surface area contributed by atoms with Gasteiger partial charge in [-0.2, -0.15) is 4.98 Å². The van der Waals surface area contributed by atoms with E-state index in [4.69, 9.17) is 9.26 Å². The van der Waals surface area contributed by atoms with E-state index in [2.05, 4.69) is 44.6 Å². The van der Waals surface area contributed by atoms with Crippen LogP contribution in [0.15, 0.2) is 34.9 Å². The molecule has 24 heavy (non-hydrogen) atoms. The van der Waals surface area contributed by atoms with Crippen molar-refractivity contribution in [3.05, 3.63) is 47.6 Å². The number of hydrogen-bond donors (Lipinski definition) is 1. The van der Waals surface area contributed by atoms with E-state index in [1.165, 1.54) is 5.56 Å². The second-order valence-corrected chi connectivity index (χ2v) is 5.95. The number of nitrogens with zero attached hydrogens (tertiary/aromatic N) is 3. The standard InChI is InChI=1S/C17H22N4O3/c1-23-12-15-19-17(24-20-15)9-18-16(22)11-21-8-7-14(10-21)13-5-3-2-4-6-13/h2-6,14H,7-12H2,1H3,(H,18,22)/t14-/m0/s1. The van der Waals surface area contributed by atoms with E-state index in [1.807, 2.05) is 6.07 Å². The van der Waals surface area contributed by atoms with E-state index in [1.54, 1.807) is 7.11 Å². The average molecular weight is 330 g/mol. The highest BCUT2D eigenvalue weighted by Crippen LogP contribution is 2.26. The number of ether oxygens (including phenoxy) is 1. The van der Waals surface area contributed by atoms with Crippen molar-refractivity contribution in [1.29, 1.82) is 0 Å². The molecule has 1 atom stereocenters.